The number of hydrogen-bond donors (Lipinski definition) is 2. The Kier molecular flexibility index (Phi) is 6.40. The van der Waals surface area contributed by atoms with Crippen molar-refractivity contribution in [1.29, 1.82) is 0 Å². The highest BCUT2D eigenvalue weighted by atomic mass is 32.2. The van der Waals surface area contributed by atoms with Crippen LogP contribution in [0.5, 0.6) is 0 Å². The summed E-state index contributed by atoms with van der Waals surface area (Å²) in [7, 11) is -1.40. The van der Waals surface area contributed by atoms with Gasteiger partial charge >= 0.3 is 0 Å². The van der Waals surface area contributed by atoms with Crippen LogP contribution in [0.2, 0.25) is 0 Å². The minimum absolute atomic E-state index is 0.381. The molecule has 1 aliphatic heterocycles. The average Bonchev–Trinajstić information content (AvgIpc) is 2.30. The number of hydrogen-bond acceptors (Lipinski definition) is 4. The predicted octanol–water partition coefficient (Wildman–Crippen LogP) is -0.000400. The fraction of sp³-hybridized carbons (Fsp3) is 1.00. The second-order valence-electron chi connectivity index (χ2n) is 4.71. The first-order chi connectivity index (χ1) is 8.06. The molecule has 6 heteroatoms. The quantitative estimate of drug-likeness (QED) is 0.679. The highest BCUT2D eigenvalue weighted by Crippen LogP contribution is 2.07. The van der Waals surface area contributed by atoms with E-state index in [0.717, 1.165) is 19.6 Å². The van der Waals surface area contributed by atoms with Crippen molar-refractivity contribution in [3.8, 4) is 0 Å². The van der Waals surface area contributed by atoms with Crippen molar-refractivity contribution in [1.82, 2.24) is 14.9 Å². The smallest absolute Gasteiger partial charge is 0.215 e. The molecule has 0 bridgehead atoms. The second-order valence-corrected chi connectivity index (χ2v) is 6.89. The van der Waals surface area contributed by atoms with Crippen LogP contribution in [0.25, 0.3) is 0 Å². The lowest BCUT2D eigenvalue weighted by Gasteiger charge is -2.26. The molecule has 0 amide bonds. The van der Waals surface area contributed by atoms with Gasteiger partial charge in [0.05, 0.1) is 5.25 Å². The Bertz CT molecular complexity index is 300. The molecule has 102 valence electrons. The summed E-state index contributed by atoms with van der Waals surface area (Å²) in [6, 6.07) is 0. The third-order valence-corrected chi connectivity index (χ3v) is 5.03. The Morgan fingerprint density at radius 1 is 1.24 bits per heavy atom. The molecule has 1 atom stereocenters. The summed E-state index contributed by atoms with van der Waals surface area (Å²) in [4.78, 5) is 2.33. The Morgan fingerprint density at radius 2 is 1.88 bits per heavy atom. The summed E-state index contributed by atoms with van der Waals surface area (Å²) in [6.07, 6.45) is 3.78. The van der Waals surface area contributed by atoms with Gasteiger partial charge in [-0.3, -0.25) is 0 Å². The Hall–Kier alpha value is -0.170. The van der Waals surface area contributed by atoms with Crippen LogP contribution in [0.15, 0.2) is 0 Å². The molecule has 0 aliphatic carbocycles. The van der Waals surface area contributed by atoms with Crippen LogP contribution in [0, 0.1) is 0 Å². The lowest BCUT2D eigenvalue weighted by Crippen LogP contribution is -2.42. The van der Waals surface area contributed by atoms with Gasteiger partial charge in [0.25, 0.3) is 0 Å². The van der Waals surface area contributed by atoms with Crippen LogP contribution < -0.4 is 10.0 Å². The van der Waals surface area contributed by atoms with E-state index in [9.17, 15) is 8.42 Å². The maximum Gasteiger partial charge on any atom is 0.215 e. The van der Waals surface area contributed by atoms with Crippen molar-refractivity contribution < 1.29 is 8.42 Å². The maximum absolute atomic E-state index is 11.8. The van der Waals surface area contributed by atoms with Gasteiger partial charge in [0.15, 0.2) is 0 Å². The minimum atomic E-state index is -3.16. The van der Waals surface area contributed by atoms with E-state index < -0.39 is 10.0 Å². The van der Waals surface area contributed by atoms with Crippen molar-refractivity contribution in [3.63, 3.8) is 0 Å². The van der Waals surface area contributed by atoms with Gasteiger partial charge in [-0.15, -0.1) is 0 Å². The van der Waals surface area contributed by atoms with Gasteiger partial charge in [-0.1, -0.05) is 6.42 Å². The molecule has 1 rings (SSSR count). The zero-order chi connectivity index (χ0) is 12.7. The van der Waals surface area contributed by atoms with Gasteiger partial charge in [0.1, 0.15) is 0 Å². The normalized spacial score (nSPS) is 20.4. The van der Waals surface area contributed by atoms with Gasteiger partial charge in [0.2, 0.25) is 10.0 Å². The maximum atomic E-state index is 11.8. The highest BCUT2D eigenvalue weighted by molar-refractivity contribution is 7.90. The van der Waals surface area contributed by atoms with Crippen LogP contribution in [-0.2, 0) is 10.0 Å². The Balaban J connectivity index is 2.24. The third kappa shape index (κ3) is 5.33. The molecule has 0 spiro atoms. The second kappa shape index (κ2) is 7.31. The SMILES string of the molecule is CNCC(C)S(=O)(=O)NCCN1CCCCC1. The molecule has 0 aromatic carbocycles. The zero-order valence-corrected chi connectivity index (χ0v) is 11.7. The molecule has 17 heavy (non-hydrogen) atoms. The van der Waals surface area contributed by atoms with Crippen LogP contribution in [0.3, 0.4) is 0 Å². The van der Waals surface area contributed by atoms with Gasteiger partial charge in [-0.25, -0.2) is 13.1 Å². The summed E-state index contributed by atoms with van der Waals surface area (Å²) >= 11 is 0. The van der Waals surface area contributed by atoms with E-state index in [1.54, 1.807) is 14.0 Å². The van der Waals surface area contributed by atoms with Gasteiger partial charge in [-0.05, 0) is 39.9 Å². The van der Waals surface area contributed by atoms with Crippen LogP contribution in [-0.4, -0.2) is 58.3 Å². The van der Waals surface area contributed by atoms with Crippen molar-refractivity contribution in [3.05, 3.63) is 0 Å². The van der Waals surface area contributed by atoms with Gasteiger partial charge in [0, 0.05) is 19.6 Å². The highest BCUT2D eigenvalue weighted by Gasteiger charge is 2.19. The zero-order valence-electron chi connectivity index (χ0n) is 10.9. The molecule has 1 fully saturated rings. The molecule has 1 aliphatic rings. The van der Waals surface area contributed by atoms with E-state index in [0.29, 0.717) is 13.1 Å². The van der Waals surface area contributed by atoms with Crippen molar-refractivity contribution in [2.75, 3.05) is 39.8 Å². The van der Waals surface area contributed by atoms with E-state index >= 15 is 0 Å². The summed E-state index contributed by atoms with van der Waals surface area (Å²) in [5.41, 5.74) is 0. The first kappa shape index (κ1) is 14.9. The summed E-state index contributed by atoms with van der Waals surface area (Å²) in [6.45, 7) is 5.77. The largest absolute Gasteiger partial charge is 0.318 e. The number of nitrogens with zero attached hydrogens (tertiary/aromatic N) is 1. The molecule has 0 aromatic rings. The summed E-state index contributed by atoms with van der Waals surface area (Å²) in [5.74, 6) is 0. The minimum Gasteiger partial charge on any atom is -0.318 e. The molecular weight excluding hydrogens is 238 g/mol. The number of likely N-dealkylation sites (tertiary alicyclic amines) is 1. The lowest BCUT2D eigenvalue weighted by molar-refractivity contribution is 0.232. The molecule has 1 saturated heterocycles. The Morgan fingerprint density at radius 3 is 2.47 bits per heavy atom. The summed E-state index contributed by atoms with van der Waals surface area (Å²) in [5, 5.41) is 2.50. The van der Waals surface area contributed by atoms with E-state index in [4.69, 9.17) is 0 Å². The molecule has 0 saturated carbocycles. The number of rotatable bonds is 7. The van der Waals surface area contributed by atoms with E-state index in [1.165, 1.54) is 19.3 Å². The van der Waals surface area contributed by atoms with Crippen LogP contribution >= 0.6 is 0 Å². The van der Waals surface area contributed by atoms with Crippen molar-refractivity contribution in [2.24, 2.45) is 0 Å². The molecular formula is C11H25N3O2S. The number of nitrogens with one attached hydrogen (secondary N) is 2. The molecule has 0 radical (unpaired) electrons. The monoisotopic (exact) mass is 263 g/mol. The lowest BCUT2D eigenvalue weighted by atomic mass is 10.1. The predicted molar refractivity (Wildman–Crippen MR) is 70.6 cm³/mol. The van der Waals surface area contributed by atoms with Crippen molar-refractivity contribution >= 4 is 10.0 Å². The van der Waals surface area contributed by atoms with E-state index in [-0.39, 0.29) is 5.25 Å². The molecule has 1 unspecified atom stereocenters. The van der Waals surface area contributed by atoms with E-state index in [2.05, 4.69) is 14.9 Å². The van der Waals surface area contributed by atoms with E-state index in [1.807, 2.05) is 0 Å². The standard InChI is InChI=1S/C11H25N3O2S/c1-11(10-12-2)17(15,16)13-6-9-14-7-4-3-5-8-14/h11-13H,3-10H2,1-2H3. The third-order valence-electron chi connectivity index (χ3n) is 3.20. The molecule has 1 heterocycles. The van der Waals surface area contributed by atoms with Crippen LogP contribution in [0.4, 0.5) is 0 Å². The topological polar surface area (TPSA) is 61.4 Å². The Labute approximate surface area is 105 Å². The fourth-order valence-corrected chi connectivity index (χ4v) is 3.11. The molecule has 2 N–H and O–H groups in total. The van der Waals surface area contributed by atoms with Crippen LogP contribution in [0.1, 0.15) is 26.2 Å². The van der Waals surface area contributed by atoms with Gasteiger partial charge in [-0.2, -0.15) is 0 Å². The first-order valence-corrected chi connectivity index (χ1v) is 7.96. The van der Waals surface area contributed by atoms with Crippen molar-refractivity contribution in [2.45, 2.75) is 31.4 Å². The molecule has 5 nitrogen and oxygen atoms in total. The fourth-order valence-electron chi connectivity index (χ4n) is 2.07. The summed E-state index contributed by atoms with van der Waals surface area (Å²) < 4.78 is 26.3. The first-order valence-electron chi connectivity index (χ1n) is 6.41. The molecule has 0 aromatic heterocycles. The van der Waals surface area contributed by atoms with Gasteiger partial charge < -0.3 is 10.2 Å². The average molecular weight is 263 g/mol. The number of sulfonamides is 1. The number of piperidine rings is 1.